The van der Waals surface area contributed by atoms with Gasteiger partial charge in [-0.25, -0.2) is 4.79 Å². The summed E-state index contributed by atoms with van der Waals surface area (Å²) in [5, 5.41) is 29.6. The quantitative estimate of drug-likeness (QED) is 0.483. The molecule has 0 unspecified atom stereocenters. The molecule has 9 heteroatoms. The van der Waals surface area contributed by atoms with Crippen molar-refractivity contribution in [3.05, 3.63) is 22.2 Å². The van der Waals surface area contributed by atoms with E-state index in [0.29, 0.717) is 12.0 Å². The molecule has 1 saturated heterocycles. The van der Waals surface area contributed by atoms with Crippen LogP contribution in [0.1, 0.15) is 18.2 Å². The second kappa shape index (κ2) is 7.37. The molecule has 0 aliphatic carbocycles. The van der Waals surface area contributed by atoms with Crippen LogP contribution in [0.3, 0.4) is 0 Å². The molecule has 0 saturated carbocycles. The summed E-state index contributed by atoms with van der Waals surface area (Å²) in [5.41, 5.74) is 5.48. The lowest BCUT2D eigenvalue weighted by Crippen LogP contribution is -2.36. The fraction of sp³-hybridized carbons (Fsp3) is 0.667. The first-order valence-electron chi connectivity index (χ1n) is 7.81. The number of aliphatic hydroxyl groups is 3. The highest BCUT2D eigenvalue weighted by atomic mass is 31.2. The molecule has 1 aliphatic heterocycles. The number of hydrogen-bond donors (Lipinski definition) is 4. The highest BCUT2D eigenvalue weighted by molar-refractivity contribution is 7.72. The molecule has 5 N–H and O–H groups in total. The van der Waals surface area contributed by atoms with Crippen LogP contribution < -0.4 is 11.4 Å². The number of rotatable bonds is 6. The third-order valence-electron chi connectivity index (χ3n) is 4.07. The molecule has 1 aliphatic rings. The van der Waals surface area contributed by atoms with Gasteiger partial charge in [0.05, 0.1) is 6.10 Å². The molecule has 2 heterocycles. The number of anilines is 1. The monoisotopic (exact) mass is 359 g/mol. The normalized spacial score (nSPS) is 27.5. The van der Waals surface area contributed by atoms with Gasteiger partial charge < -0.3 is 25.8 Å². The van der Waals surface area contributed by atoms with Gasteiger partial charge in [0.15, 0.2) is 6.23 Å². The molecular weight excluding hydrogens is 333 g/mol. The standard InChI is InChI=1S/C15H26N3O5P/c1-24(2,3)7-5-10-11(20)12(21)14(23-10)18-8-9(4-6-19)13(16)17-15(18)22/h8,10-12,14,19-21H,1,4-7H2,2-3H3,(H2,16,17,22)/t10-,11-,12-,14-/m1/s1. The van der Waals surface area contributed by atoms with Gasteiger partial charge in [-0.05, 0) is 25.9 Å². The van der Waals surface area contributed by atoms with E-state index in [9.17, 15) is 15.0 Å². The van der Waals surface area contributed by atoms with Crippen LogP contribution in [-0.4, -0.2) is 75.6 Å². The van der Waals surface area contributed by atoms with Crippen molar-refractivity contribution in [1.82, 2.24) is 9.55 Å². The Hall–Kier alpha value is -1.18. The Balaban J connectivity index is 2.24. The zero-order valence-corrected chi connectivity index (χ0v) is 14.9. The summed E-state index contributed by atoms with van der Waals surface area (Å²) < 4.78 is 6.86. The molecule has 1 aromatic rings. The Morgan fingerprint density at radius 3 is 2.67 bits per heavy atom. The van der Waals surface area contributed by atoms with Gasteiger partial charge in [0.25, 0.3) is 0 Å². The van der Waals surface area contributed by atoms with Gasteiger partial charge in [-0.3, -0.25) is 4.57 Å². The summed E-state index contributed by atoms with van der Waals surface area (Å²) >= 11 is 0. The zero-order chi connectivity index (χ0) is 18.1. The second-order valence-electron chi connectivity index (χ2n) is 6.81. The Kier molecular flexibility index (Phi) is 5.88. The minimum Gasteiger partial charge on any atom is -0.396 e. The number of nitrogens with two attached hydrogens (primary N) is 1. The Bertz CT molecular complexity index is 686. The lowest BCUT2D eigenvalue weighted by atomic mass is 10.1. The fourth-order valence-electron chi connectivity index (χ4n) is 2.69. The summed E-state index contributed by atoms with van der Waals surface area (Å²) in [6.45, 7) is 2.73. The Morgan fingerprint density at radius 1 is 1.42 bits per heavy atom. The molecule has 1 aromatic heterocycles. The van der Waals surface area contributed by atoms with E-state index in [-0.39, 0.29) is 18.8 Å². The number of nitrogen functional groups attached to an aromatic ring is 1. The van der Waals surface area contributed by atoms with Crippen LogP contribution in [0.25, 0.3) is 0 Å². The Morgan fingerprint density at radius 2 is 2.08 bits per heavy atom. The molecule has 2 rings (SSSR count). The Labute approximate surface area is 140 Å². The first-order valence-corrected chi connectivity index (χ1v) is 10.9. The number of ether oxygens (including phenoxy) is 1. The van der Waals surface area contributed by atoms with Crippen LogP contribution in [0, 0.1) is 0 Å². The highest BCUT2D eigenvalue weighted by Crippen LogP contribution is 2.39. The fourth-order valence-corrected chi connectivity index (χ4v) is 3.64. The minimum atomic E-state index is -1.29. The van der Waals surface area contributed by atoms with Crippen LogP contribution in [0.5, 0.6) is 0 Å². The molecule has 0 radical (unpaired) electrons. The maximum absolute atomic E-state index is 12.1. The van der Waals surface area contributed by atoms with Crippen LogP contribution in [0.15, 0.2) is 11.0 Å². The molecule has 0 aromatic carbocycles. The van der Waals surface area contributed by atoms with Crippen molar-refractivity contribution in [2.45, 2.75) is 37.4 Å². The van der Waals surface area contributed by atoms with E-state index < -0.39 is 37.1 Å². The van der Waals surface area contributed by atoms with Crippen molar-refractivity contribution in [1.29, 1.82) is 0 Å². The lowest BCUT2D eigenvalue weighted by Gasteiger charge is -2.19. The zero-order valence-electron chi connectivity index (χ0n) is 14.0. The second-order valence-corrected chi connectivity index (χ2v) is 11.1. The summed E-state index contributed by atoms with van der Waals surface area (Å²) in [7, 11) is 0. The summed E-state index contributed by atoms with van der Waals surface area (Å²) in [5.74, 6) is 0.0403. The molecule has 136 valence electrons. The van der Waals surface area contributed by atoms with Crippen LogP contribution in [-0.2, 0) is 11.2 Å². The van der Waals surface area contributed by atoms with E-state index in [1.165, 1.54) is 6.20 Å². The maximum Gasteiger partial charge on any atom is 0.351 e. The van der Waals surface area contributed by atoms with Gasteiger partial charge >= 0.3 is 5.69 Å². The van der Waals surface area contributed by atoms with E-state index in [4.69, 9.17) is 15.6 Å². The van der Waals surface area contributed by atoms with E-state index in [1.807, 2.05) is 0 Å². The summed E-state index contributed by atoms with van der Waals surface area (Å²) in [6, 6.07) is 0. The number of nitrogens with zero attached hydrogens (tertiary/aromatic N) is 2. The van der Waals surface area contributed by atoms with Gasteiger partial charge in [-0.15, -0.1) is 13.2 Å². The summed E-state index contributed by atoms with van der Waals surface area (Å²) in [6.07, 6.45) is 3.19. The number of aliphatic hydroxyl groups excluding tert-OH is 3. The molecular formula is C15H26N3O5P. The maximum atomic E-state index is 12.1. The third kappa shape index (κ3) is 4.26. The van der Waals surface area contributed by atoms with E-state index in [2.05, 4.69) is 24.6 Å². The van der Waals surface area contributed by atoms with Crippen molar-refractivity contribution in [2.75, 3.05) is 31.8 Å². The molecule has 0 bridgehead atoms. The van der Waals surface area contributed by atoms with Gasteiger partial charge in [-0.1, -0.05) is 0 Å². The van der Waals surface area contributed by atoms with E-state index >= 15 is 0 Å². The molecule has 4 atom stereocenters. The van der Waals surface area contributed by atoms with Crippen LogP contribution >= 0.6 is 6.89 Å². The number of aromatic nitrogens is 2. The molecule has 8 nitrogen and oxygen atoms in total. The first-order chi connectivity index (χ1) is 11.1. The van der Waals surface area contributed by atoms with Gasteiger partial charge in [0.1, 0.15) is 18.0 Å². The van der Waals surface area contributed by atoms with Crippen molar-refractivity contribution in [3.8, 4) is 0 Å². The molecule has 1 fully saturated rings. The van der Waals surface area contributed by atoms with Crippen molar-refractivity contribution in [3.63, 3.8) is 0 Å². The first kappa shape index (κ1) is 19.1. The predicted molar refractivity (Wildman–Crippen MR) is 95.0 cm³/mol. The average molecular weight is 359 g/mol. The van der Waals surface area contributed by atoms with Crippen molar-refractivity contribution < 1.29 is 20.1 Å². The van der Waals surface area contributed by atoms with E-state index in [0.717, 1.165) is 10.7 Å². The lowest BCUT2D eigenvalue weighted by molar-refractivity contribution is -0.0402. The van der Waals surface area contributed by atoms with E-state index in [1.54, 1.807) is 0 Å². The predicted octanol–water partition coefficient (Wildman–Crippen LogP) is -0.921. The molecule has 24 heavy (non-hydrogen) atoms. The molecule has 0 spiro atoms. The average Bonchev–Trinajstić information content (AvgIpc) is 2.75. The van der Waals surface area contributed by atoms with Crippen molar-refractivity contribution in [2.24, 2.45) is 0 Å². The smallest absolute Gasteiger partial charge is 0.351 e. The van der Waals surface area contributed by atoms with Gasteiger partial charge in [-0.2, -0.15) is 4.98 Å². The SMILES string of the molecule is C=P(C)(C)CC[C@H]1O[C@@H](n2cc(CCO)c(N)nc2=O)[C@H](O)[C@@H]1O. The van der Waals surface area contributed by atoms with Crippen LogP contribution in [0.2, 0.25) is 0 Å². The minimum absolute atomic E-state index is 0.0403. The molecule has 0 amide bonds. The highest BCUT2D eigenvalue weighted by Gasteiger charge is 2.44. The van der Waals surface area contributed by atoms with Gasteiger partial charge in [0, 0.05) is 24.8 Å². The third-order valence-corrected chi connectivity index (χ3v) is 5.54. The summed E-state index contributed by atoms with van der Waals surface area (Å²) in [4.78, 5) is 15.8. The van der Waals surface area contributed by atoms with Crippen LogP contribution in [0.4, 0.5) is 5.82 Å². The number of hydrogen-bond acceptors (Lipinski definition) is 7. The van der Waals surface area contributed by atoms with Gasteiger partial charge in [0.2, 0.25) is 0 Å². The van der Waals surface area contributed by atoms with Crippen molar-refractivity contribution >= 4 is 19.0 Å². The topological polar surface area (TPSA) is 131 Å². The largest absolute Gasteiger partial charge is 0.396 e.